The first-order chi connectivity index (χ1) is 11.8. The molecule has 1 heterocycles. The van der Waals surface area contributed by atoms with Crippen molar-refractivity contribution in [2.45, 2.75) is 39.1 Å². The number of aromatic hydroxyl groups is 1. The Bertz CT molecular complexity index is 680. The van der Waals surface area contributed by atoms with Crippen LogP contribution in [0.25, 0.3) is 0 Å². The summed E-state index contributed by atoms with van der Waals surface area (Å²) in [6.45, 7) is 4.37. The molecule has 0 saturated heterocycles. The Hall–Kier alpha value is -2.54. The second kappa shape index (κ2) is 8.02. The van der Waals surface area contributed by atoms with Crippen LogP contribution in [0, 0.1) is 6.92 Å². The Labute approximate surface area is 146 Å². The molecular formula is C18H22O7. The second-order valence-electron chi connectivity index (χ2n) is 5.74. The van der Waals surface area contributed by atoms with Gasteiger partial charge in [-0.05, 0) is 24.6 Å². The minimum absolute atomic E-state index is 0.0225. The summed E-state index contributed by atoms with van der Waals surface area (Å²) in [5.41, 5.74) is 1.38. The molecule has 0 aliphatic carbocycles. The molecular weight excluding hydrogens is 328 g/mol. The molecule has 1 aromatic carbocycles. The van der Waals surface area contributed by atoms with Gasteiger partial charge in [0.1, 0.15) is 36.4 Å². The van der Waals surface area contributed by atoms with Crippen molar-refractivity contribution in [2.75, 3.05) is 13.7 Å². The van der Waals surface area contributed by atoms with Gasteiger partial charge in [0.15, 0.2) is 0 Å². The van der Waals surface area contributed by atoms with E-state index in [1.807, 2.05) is 6.92 Å². The molecule has 2 rings (SSSR count). The topological polar surface area (TPSA) is 91.3 Å². The fourth-order valence-corrected chi connectivity index (χ4v) is 2.61. The third-order valence-electron chi connectivity index (χ3n) is 3.77. The number of aryl methyl sites for hydroxylation is 1. The molecule has 1 N–H and O–H groups in total. The maximum Gasteiger partial charge on any atom is 0.303 e. The van der Waals surface area contributed by atoms with Crippen molar-refractivity contribution >= 4 is 11.9 Å². The van der Waals surface area contributed by atoms with E-state index in [1.54, 1.807) is 18.2 Å². The average Bonchev–Trinajstić information content (AvgIpc) is 2.55. The van der Waals surface area contributed by atoms with Gasteiger partial charge in [-0.15, -0.1) is 0 Å². The average molecular weight is 350 g/mol. The number of carbonyl (C=O) groups is 2. The maximum atomic E-state index is 11.2. The van der Waals surface area contributed by atoms with Crippen LogP contribution in [0.1, 0.15) is 31.1 Å². The van der Waals surface area contributed by atoms with Gasteiger partial charge < -0.3 is 24.1 Å². The molecule has 0 aromatic heterocycles. The smallest absolute Gasteiger partial charge is 0.303 e. The molecule has 1 aliphatic rings. The van der Waals surface area contributed by atoms with E-state index in [9.17, 15) is 14.7 Å². The van der Waals surface area contributed by atoms with Gasteiger partial charge in [-0.1, -0.05) is 6.08 Å². The molecule has 0 radical (unpaired) electrons. The van der Waals surface area contributed by atoms with Gasteiger partial charge in [-0.3, -0.25) is 9.59 Å². The first kappa shape index (κ1) is 18.8. The van der Waals surface area contributed by atoms with E-state index in [4.69, 9.17) is 18.9 Å². The van der Waals surface area contributed by atoms with Crippen LogP contribution >= 0.6 is 0 Å². The van der Waals surface area contributed by atoms with Gasteiger partial charge in [0.05, 0.1) is 7.11 Å². The predicted molar refractivity (Wildman–Crippen MR) is 88.3 cm³/mol. The summed E-state index contributed by atoms with van der Waals surface area (Å²) in [5.74, 6) is -0.336. The third kappa shape index (κ3) is 4.73. The Morgan fingerprint density at radius 3 is 2.52 bits per heavy atom. The van der Waals surface area contributed by atoms with E-state index in [1.165, 1.54) is 27.0 Å². The summed E-state index contributed by atoms with van der Waals surface area (Å²) < 4.78 is 21.3. The Morgan fingerprint density at radius 1 is 1.20 bits per heavy atom. The van der Waals surface area contributed by atoms with Crippen molar-refractivity contribution < 1.29 is 33.6 Å². The van der Waals surface area contributed by atoms with Crippen LogP contribution in [-0.4, -0.2) is 43.0 Å². The molecule has 0 bridgehead atoms. The summed E-state index contributed by atoms with van der Waals surface area (Å²) in [7, 11) is 1.53. The Kier molecular flexibility index (Phi) is 6.03. The van der Waals surface area contributed by atoms with Gasteiger partial charge in [0, 0.05) is 25.5 Å². The molecule has 0 spiro atoms. The lowest BCUT2D eigenvalue weighted by molar-refractivity contribution is -0.163. The molecule has 25 heavy (non-hydrogen) atoms. The van der Waals surface area contributed by atoms with Crippen molar-refractivity contribution in [1.82, 2.24) is 0 Å². The summed E-state index contributed by atoms with van der Waals surface area (Å²) in [5, 5.41) is 10.3. The number of esters is 2. The zero-order valence-corrected chi connectivity index (χ0v) is 14.6. The molecule has 0 unspecified atom stereocenters. The number of benzene rings is 1. The van der Waals surface area contributed by atoms with Crippen molar-refractivity contribution in [2.24, 2.45) is 0 Å². The van der Waals surface area contributed by atoms with Gasteiger partial charge in [0.2, 0.25) is 0 Å². The minimum atomic E-state index is -0.676. The molecule has 136 valence electrons. The number of rotatable bonds is 5. The van der Waals surface area contributed by atoms with Gasteiger partial charge in [0.25, 0.3) is 0 Å². The number of carbonyl (C=O) groups excluding carboxylic acids is 2. The van der Waals surface area contributed by atoms with E-state index < -0.39 is 30.3 Å². The largest absolute Gasteiger partial charge is 0.507 e. The quantitative estimate of drug-likeness (QED) is 0.643. The first-order valence-corrected chi connectivity index (χ1v) is 7.83. The minimum Gasteiger partial charge on any atom is -0.507 e. The number of phenolic OH excluding ortho intramolecular Hbond substituents is 1. The highest BCUT2D eigenvalue weighted by Gasteiger charge is 2.32. The lowest BCUT2D eigenvalue weighted by atomic mass is 10.00. The molecule has 7 heteroatoms. The fourth-order valence-electron chi connectivity index (χ4n) is 2.61. The van der Waals surface area contributed by atoms with E-state index in [-0.39, 0.29) is 12.4 Å². The lowest BCUT2D eigenvalue weighted by Gasteiger charge is -2.32. The van der Waals surface area contributed by atoms with E-state index in [0.717, 1.165) is 5.56 Å². The SMILES string of the molecule is COc1cc(O)c([C@@H]2C=C[C@H](OC(C)=O)[C@@H](COC(C)=O)O2)cc1C. The van der Waals surface area contributed by atoms with E-state index >= 15 is 0 Å². The third-order valence-corrected chi connectivity index (χ3v) is 3.77. The molecule has 0 fully saturated rings. The first-order valence-electron chi connectivity index (χ1n) is 7.83. The molecule has 3 atom stereocenters. The summed E-state index contributed by atoms with van der Waals surface area (Å²) >= 11 is 0. The lowest BCUT2D eigenvalue weighted by Crippen LogP contribution is -2.39. The summed E-state index contributed by atoms with van der Waals surface area (Å²) in [4.78, 5) is 22.3. The van der Waals surface area contributed by atoms with Crippen molar-refractivity contribution in [3.8, 4) is 11.5 Å². The van der Waals surface area contributed by atoms with E-state index in [0.29, 0.717) is 11.3 Å². The molecule has 7 nitrogen and oxygen atoms in total. The van der Waals surface area contributed by atoms with E-state index in [2.05, 4.69) is 0 Å². The molecule has 1 aromatic rings. The predicted octanol–water partition coefficient (Wildman–Crippen LogP) is 2.20. The number of ether oxygens (including phenoxy) is 4. The van der Waals surface area contributed by atoms with Crippen molar-refractivity contribution in [3.63, 3.8) is 0 Å². The highest BCUT2D eigenvalue weighted by atomic mass is 16.6. The van der Waals surface area contributed by atoms with Crippen LogP contribution in [0.3, 0.4) is 0 Å². The second-order valence-corrected chi connectivity index (χ2v) is 5.74. The van der Waals surface area contributed by atoms with Crippen LogP contribution < -0.4 is 4.74 Å². The van der Waals surface area contributed by atoms with Gasteiger partial charge >= 0.3 is 11.9 Å². The monoisotopic (exact) mass is 350 g/mol. The highest BCUT2D eigenvalue weighted by Crippen LogP contribution is 2.36. The standard InChI is InChI=1S/C18H22O7/c1-10-7-13(14(21)8-17(10)22-4)15-5-6-16(24-12(3)20)18(25-15)9-23-11(2)19/h5-8,15-16,18,21H,9H2,1-4H3/t15-,16-,18+/m0/s1. The van der Waals surface area contributed by atoms with Crippen molar-refractivity contribution in [3.05, 3.63) is 35.4 Å². The van der Waals surface area contributed by atoms with Crippen LogP contribution in [0.5, 0.6) is 11.5 Å². The van der Waals surface area contributed by atoms with Crippen LogP contribution in [-0.2, 0) is 23.8 Å². The zero-order chi connectivity index (χ0) is 18.6. The normalized spacial score (nSPS) is 22.3. The highest BCUT2D eigenvalue weighted by molar-refractivity contribution is 5.67. The molecule has 0 amide bonds. The fraction of sp³-hybridized carbons (Fsp3) is 0.444. The van der Waals surface area contributed by atoms with Crippen LogP contribution in [0.4, 0.5) is 0 Å². The maximum absolute atomic E-state index is 11.2. The molecule has 1 aliphatic heterocycles. The van der Waals surface area contributed by atoms with Crippen molar-refractivity contribution in [1.29, 1.82) is 0 Å². The summed E-state index contributed by atoms with van der Waals surface area (Å²) in [6.07, 6.45) is 1.44. The number of hydrogen-bond donors (Lipinski definition) is 1. The van der Waals surface area contributed by atoms with Gasteiger partial charge in [-0.2, -0.15) is 0 Å². The molecule has 0 saturated carbocycles. The van der Waals surface area contributed by atoms with Crippen LogP contribution in [0.2, 0.25) is 0 Å². The Morgan fingerprint density at radius 2 is 1.92 bits per heavy atom. The number of phenols is 1. The van der Waals surface area contributed by atoms with Crippen LogP contribution in [0.15, 0.2) is 24.3 Å². The van der Waals surface area contributed by atoms with Gasteiger partial charge in [-0.25, -0.2) is 0 Å². The number of methoxy groups -OCH3 is 1. The number of hydrogen-bond acceptors (Lipinski definition) is 7. The summed E-state index contributed by atoms with van der Waals surface area (Å²) in [6, 6.07) is 3.28. The zero-order valence-electron chi connectivity index (χ0n) is 14.6. The Balaban J connectivity index is 2.26.